The summed E-state index contributed by atoms with van der Waals surface area (Å²) in [5.41, 5.74) is 2.74. The second-order valence-corrected chi connectivity index (χ2v) is 3.56. The van der Waals surface area contributed by atoms with Crippen molar-refractivity contribution in [1.82, 2.24) is 0 Å². The maximum Gasteiger partial charge on any atom is 0.289 e. The summed E-state index contributed by atoms with van der Waals surface area (Å²) in [6.07, 6.45) is 0. The monoisotopic (exact) mass is 206 g/mol. The van der Waals surface area contributed by atoms with E-state index in [0.717, 1.165) is 16.8 Å². The van der Waals surface area contributed by atoms with Crippen LogP contribution in [-0.2, 0) is 4.74 Å². The van der Waals surface area contributed by atoms with E-state index in [1.54, 1.807) is 6.07 Å². The first-order valence-corrected chi connectivity index (χ1v) is 4.92. The van der Waals surface area contributed by atoms with Gasteiger partial charge in [-0.25, -0.2) is 4.99 Å². The molecule has 0 saturated carbocycles. The lowest BCUT2D eigenvalue weighted by atomic mass is 10.1. The number of ether oxygens (including phenoxy) is 1. The third kappa shape index (κ3) is 1.88. The van der Waals surface area contributed by atoms with Crippen molar-refractivity contribution in [2.45, 2.75) is 13.8 Å². The largest absolute Gasteiger partial charge is 0.508 e. The zero-order chi connectivity index (χ0) is 10.8. The molecule has 0 unspecified atom stereocenters. The fourth-order valence-electron chi connectivity index (χ4n) is 1.55. The molecule has 0 bridgehead atoms. The molecule has 0 saturated heterocycles. The molecule has 4 heteroatoms. The van der Waals surface area contributed by atoms with Gasteiger partial charge in [-0.05, 0) is 25.5 Å². The van der Waals surface area contributed by atoms with Crippen LogP contribution in [0.15, 0.2) is 17.1 Å². The van der Waals surface area contributed by atoms with Crippen LogP contribution in [0, 0.1) is 13.8 Å². The quantitative estimate of drug-likeness (QED) is 0.736. The predicted octanol–water partition coefficient (Wildman–Crippen LogP) is 1.81. The van der Waals surface area contributed by atoms with Gasteiger partial charge in [-0.1, -0.05) is 6.07 Å². The molecule has 1 aromatic carbocycles. The van der Waals surface area contributed by atoms with E-state index in [0.29, 0.717) is 19.2 Å². The van der Waals surface area contributed by atoms with E-state index in [-0.39, 0.29) is 5.75 Å². The highest BCUT2D eigenvalue weighted by Gasteiger charge is 2.12. The number of phenolic OH excluding ortho intramolecular Hbond substituents is 1. The Balaban J connectivity index is 2.30. The van der Waals surface area contributed by atoms with Crippen molar-refractivity contribution in [1.29, 1.82) is 0 Å². The van der Waals surface area contributed by atoms with Crippen molar-refractivity contribution in [3.8, 4) is 5.75 Å². The minimum absolute atomic E-state index is 0.279. The lowest BCUT2D eigenvalue weighted by Crippen LogP contribution is -2.13. The number of anilines is 1. The van der Waals surface area contributed by atoms with E-state index >= 15 is 0 Å². The highest BCUT2D eigenvalue weighted by atomic mass is 16.5. The van der Waals surface area contributed by atoms with Crippen molar-refractivity contribution in [3.63, 3.8) is 0 Å². The minimum Gasteiger partial charge on any atom is -0.508 e. The zero-order valence-corrected chi connectivity index (χ0v) is 8.87. The highest BCUT2D eigenvalue weighted by molar-refractivity contribution is 5.91. The first-order valence-electron chi connectivity index (χ1n) is 4.92. The molecule has 15 heavy (non-hydrogen) atoms. The third-order valence-corrected chi connectivity index (χ3v) is 2.46. The van der Waals surface area contributed by atoms with Crippen molar-refractivity contribution >= 4 is 11.7 Å². The third-order valence-electron chi connectivity index (χ3n) is 2.46. The number of amidine groups is 1. The molecule has 1 aromatic rings. The maximum absolute atomic E-state index is 9.58. The number of nitrogens with one attached hydrogen (secondary N) is 1. The van der Waals surface area contributed by atoms with E-state index in [2.05, 4.69) is 10.3 Å². The Kier molecular flexibility index (Phi) is 2.49. The van der Waals surface area contributed by atoms with Gasteiger partial charge < -0.3 is 15.2 Å². The van der Waals surface area contributed by atoms with Crippen LogP contribution in [0.1, 0.15) is 11.1 Å². The smallest absolute Gasteiger partial charge is 0.289 e. The second kappa shape index (κ2) is 3.81. The summed E-state index contributed by atoms with van der Waals surface area (Å²) >= 11 is 0. The molecule has 0 aromatic heterocycles. The van der Waals surface area contributed by atoms with Crippen LogP contribution in [0.5, 0.6) is 5.75 Å². The summed E-state index contributed by atoms with van der Waals surface area (Å²) in [5.74, 6) is 0.279. The number of aryl methyl sites for hydroxylation is 1. The van der Waals surface area contributed by atoms with E-state index in [4.69, 9.17) is 4.74 Å². The van der Waals surface area contributed by atoms with Crippen LogP contribution in [-0.4, -0.2) is 24.3 Å². The van der Waals surface area contributed by atoms with Crippen molar-refractivity contribution in [2.24, 2.45) is 4.99 Å². The maximum atomic E-state index is 9.58. The molecular formula is C11H14N2O2. The number of phenols is 1. The number of hydrogen-bond donors (Lipinski definition) is 2. The molecular weight excluding hydrogens is 192 g/mol. The normalized spacial score (nSPS) is 14.7. The van der Waals surface area contributed by atoms with Gasteiger partial charge in [0.1, 0.15) is 12.4 Å². The Morgan fingerprint density at radius 3 is 2.87 bits per heavy atom. The summed E-state index contributed by atoms with van der Waals surface area (Å²) in [4.78, 5) is 4.14. The zero-order valence-electron chi connectivity index (χ0n) is 8.87. The molecule has 1 aliphatic heterocycles. The first kappa shape index (κ1) is 9.83. The van der Waals surface area contributed by atoms with Gasteiger partial charge in [-0.15, -0.1) is 0 Å². The standard InChI is InChI=1S/C11H14N2O2/c1-7-3-4-9(14)8(2)10(7)13-11-12-5-6-15-11/h3-4,14H,5-6H2,1-2H3,(H,12,13). The van der Waals surface area contributed by atoms with Crippen molar-refractivity contribution < 1.29 is 9.84 Å². The molecule has 4 nitrogen and oxygen atoms in total. The topological polar surface area (TPSA) is 53.8 Å². The minimum atomic E-state index is 0.279. The van der Waals surface area contributed by atoms with Gasteiger partial charge in [0.15, 0.2) is 0 Å². The lowest BCUT2D eigenvalue weighted by molar-refractivity contribution is 0.346. The molecule has 2 N–H and O–H groups in total. The molecule has 0 fully saturated rings. The van der Waals surface area contributed by atoms with Gasteiger partial charge >= 0.3 is 0 Å². The van der Waals surface area contributed by atoms with E-state index in [1.165, 1.54) is 0 Å². The van der Waals surface area contributed by atoms with Crippen molar-refractivity contribution in [3.05, 3.63) is 23.3 Å². The van der Waals surface area contributed by atoms with Gasteiger partial charge in [-0.2, -0.15) is 0 Å². The molecule has 0 atom stereocenters. The number of hydrogen-bond acceptors (Lipinski definition) is 4. The Morgan fingerprint density at radius 1 is 1.40 bits per heavy atom. The Morgan fingerprint density at radius 2 is 2.20 bits per heavy atom. The molecule has 80 valence electrons. The number of aromatic hydroxyl groups is 1. The molecule has 0 radical (unpaired) electrons. The Hall–Kier alpha value is -1.71. The Labute approximate surface area is 88.6 Å². The summed E-state index contributed by atoms with van der Waals surface area (Å²) in [6, 6.07) is 4.08. The fraction of sp³-hybridized carbons (Fsp3) is 0.364. The predicted molar refractivity (Wildman–Crippen MR) is 59.5 cm³/mol. The van der Waals surface area contributed by atoms with E-state index in [9.17, 15) is 5.11 Å². The van der Waals surface area contributed by atoms with Crippen molar-refractivity contribution in [2.75, 3.05) is 18.5 Å². The number of benzene rings is 1. The number of nitrogens with zero attached hydrogens (tertiary/aromatic N) is 1. The van der Waals surface area contributed by atoms with Crippen LogP contribution in [0.2, 0.25) is 0 Å². The van der Waals surface area contributed by atoms with E-state index < -0.39 is 0 Å². The SMILES string of the molecule is Cc1ccc(O)c(C)c1NC1=NCCO1. The van der Waals surface area contributed by atoms with Gasteiger partial charge in [0.2, 0.25) is 0 Å². The summed E-state index contributed by atoms with van der Waals surface area (Å²) in [7, 11) is 0. The molecule has 0 aliphatic carbocycles. The molecule has 1 heterocycles. The molecule has 0 spiro atoms. The van der Waals surface area contributed by atoms with Crippen LogP contribution in [0.3, 0.4) is 0 Å². The molecule has 1 aliphatic rings. The summed E-state index contributed by atoms with van der Waals surface area (Å²) in [5, 5.41) is 12.7. The Bertz CT molecular complexity index is 413. The second-order valence-electron chi connectivity index (χ2n) is 3.56. The number of rotatable bonds is 1. The molecule has 2 rings (SSSR count). The lowest BCUT2D eigenvalue weighted by Gasteiger charge is -2.12. The van der Waals surface area contributed by atoms with Crippen LogP contribution in [0.4, 0.5) is 5.69 Å². The van der Waals surface area contributed by atoms with Crippen LogP contribution < -0.4 is 5.32 Å². The summed E-state index contributed by atoms with van der Waals surface area (Å²) < 4.78 is 5.26. The van der Waals surface area contributed by atoms with Gasteiger partial charge in [0, 0.05) is 5.56 Å². The van der Waals surface area contributed by atoms with E-state index in [1.807, 2.05) is 19.9 Å². The van der Waals surface area contributed by atoms with Gasteiger partial charge in [0.25, 0.3) is 6.02 Å². The number of aliphatic imine (C=N–C) groups is 1. The summed E-state index contributed by atoms with van der Waals surface area (Å²) in [6.45, 7) is 5.16. The average Bonchev–Trinajstić information content (AvgIpc) is 2.71. The van der Waals surface area contributed by atoms with Crippen LogP contribution in [0.25, 0.3) is 0 Å². The van der Waals surface area contributed by atoms with Gasteiger partial charge in [-0.3, -0.25) is 0 Å². The van der Waals surface area contributed by atoms with Crippen LogP contribution >= 0.6 is 0 Å². The molecule has 0 amide bonds. The average molecular weight is 206 g/mol. The fourth-order valence-corrected chi connectivity index (χ4v) is 1.55. The van der Waals surface area contributed by atoms with Gasteiger partial charge in [0.05, 0.1) is 12.2 Å². The highest BCUT2D eigenvalue weighted by Crippen LogP contribution is 2.28. The first-order chi connectivity index (χ1) is 7.18.